The highest BCUT2D eigenvalue weighted by Crippen LogP contribution is 2.43. The van der Waals surface area contributed by atoms with Crippen LogP contribution >= 0.6 is 0 Å². The molecule has 0 aliphatic carbocycles. The van der Waals surface area contributed by atoms with Gasteiger partial charge in [-0.3, -0.25) is 0 Å². The molecule has 34 heavy (non-hydrogen) atoms. The van der Waals surface area contributed by atoms with E-state index in [-0.39, 0.29) is 0 Å². The summed E-state index contributed by atoms with van der Waals surface area (Å²) < 4.78 is 2.05. The zero-order valence-corrected chi connectivity index (χ0v) is 19.9. The Bertz CT molecular complexity index is 1400. The van der Waals surface area contributed by atoms with Gasteiger partial charge >= 0.3 is 0 Å². The number of nitrogens with zero attached hydrogens (tertiary/aromatic N) is 5. The molecule has 0 amide bonds. The lowest BCUT2D eigenvalue weighted by Crippen LogP contribution is -2.22. The predicted molar refractivity (Wildman–Crippen MR) is 139 cm³/mol. The molecule has 6 rings (SSSR count). The fraction of sp³-hybridized carbons (Fsp3) is 0.207. The standard InChI is InChI=1S/C29H29N5/c1-21-17-22(2)34(30-21)27-14-13-24-12-11-23-7-4-5-10-28(23)33(29(24)19-27)26-9-6-8-25(18-26)32-16-15-31(3)20-32/h4-10,13-19H,11-12,20H2,1-3H3. The Labute approximate surface area is 201 Å². The normalized spacial score (nSPS) is 14.9. The SMILES string of the molecule is Cc1cc(C)n(-c2ccc3c(c2)N(c2cccc(N4C=CN(C)C4)c2)c2ccccc2CC3)n1. The summed E-state index contributed by atoms with van der Waals surface area (Å²) in [6.07, 6.45) is 6.30. The first-order chi connectivity index (χ1) is 16.6. The second kappa shape index (κ2) is 8.10. The number of hydrogen-bond donors (Lipinski definition) is 0. The van der Waals surface area contributed by atoms with E-state index in [4.69, 9.17) is 5.10 Å². The average Bonchev–Trinajstić information content (AvgIpc) is 3.38. The van der Waals surface area contributed by atoms with Gasteiger partial charge in [-0.05, 0) is 80.3 Å². The summed E-state index contributed by atoms with van der Waals surface area (Å²) >= 11 is 0. The second-order valence-electron chi connectivity index (χ2n) is 9.30. The van der Waals surface area contributed by atoms with Crippen molar-refractivity contribution in [1.29, 1.82) is 0 Å². The molecule has 3 heterocycles. The summed E-state index contributed by atoms with van der Waals surface area (Å²) in [6.45, 7) is 5.02. The third-order valence-electron chi connectivity index (χ3n) is 6.76. The molecule has 0 saturated heterocycles. The number of anilines is 4. The molecule has 170 valence electrons. The van der Waals surface area contributed by atoms with Crippen LogP contribution in [0.3, 0.4) is 0 Å². The Kier molecular flexibility index (Phi) is 4.91. The Morgan fingerprint density at radius 1 is 0.706 bits per heavy atom. The van der Waals surface area contributed by atoms with E-state index in [1.165, 1.54) is 33.9 Å². The third-order valence-corrected chi connectivity index (χ3v) is 6.76. The number of benzene rings is 3. The van der Waals surface area contributed by atoms with Crippen molar-refractivity contribution < 1.29 is 0 Å². The molecule has 0 radical (unpaired) electrons. The van der Waals surface area contributed by atoms with Crippen molar-refractivity contribution in [2.75, 3.05) is 23.5 Å². The molecule has 2 aliphatic rings. The van der Waals surface area contributed by atoms with E-state index < -0.39 is 0 Å². The van der Waals surface area contributed by atoms with Crippen molar-refractivity contribution in [1.82, 2.24) is 14.7 Å². The molecule has 1 aromatic heterocycles. The van der Waals surface area contributed by atoms with E-state index in [2.05, 4.69) is 114 Å². The summed E-state index contributed by atoms with van der Waals surface area (Å²) in [5.41, 5.74) is 10.8. The maximum absolute atomic E-state index is 4.75. The van der Waals surface area contributed by atoms with Crippen molar-refractivity contribution in [3.63, 3.8) is 0 Å². The minimum absolute atomic E-state index is 0.860. The van der Waals surface area contributed by atoms with Gasteiger partial charge in [-0.1, -0.05) is 30.3 Å². The van der Waals surface area contributed by atoms with Crippen molar-refractivity contribution >= 4 is 22.7 Å². The van der Waals surface area contributed by atoms with E-state index in [0.29, 0.717) is 0 Å². The summed E-state index contributed by atoms with van der Waals surface area (Å²) in [5, 5.41) is 4.75. The van der Waals surface area contributed by atoms with Crippen LogP contribution < -0.4 is 9.80 Å². The molecule has 0 fully saturated rings. The van der Waals surface area contributed by atoms with Gasteiger partial charge in [0.25, 0.3) is 0 Å². The van der Waals surface area contributed by atoms with Crippen molar-refractivity contribution in [2.45, 2.75) is 26.7 Å². The van der Waals surface area contributed by atoms with Gasteiger partial charge in [-0.15, -0.1) is 0 Å². The van der Waals surface area contributed by atoms with Gasteiger partial charge in [0.1, 0.15) is 0 Å². The fourth-order valence-electron chi connectivity index (χ4n) is 5.12. The number of aryl methyl sites for hydroxylation is 4. The van der Waals surface area contributed by atoms with Gasteiger partial charge in [-0.25, -0.2) is 4.68 Å². The summed E-state index contributed by atoms with van der Waals surface area (Å²) in [4.78, 5) is 6.89. The van der Waals surface area contributed by atoms with E-state index in [1.807, 2.05) is 11.6 Å². The van der Waals surface area contributed by atoms with Gasteiger partial charge < -0.3 is 14.7 Å². The minimum atomic E-state index is 0.860. The molecule has 5 nitrogen and oxygen atoms in total. The van der Waals surface area contributed by atoms with Gasteiger partial charge in [0.05, 0.1) is 23.7 Å². The van der Waals surface area contributed by atoms with E-state index in [0.717, 1.165) is 36.6 Å². The number of rotatable bonds is 3. The number of aromatic nitrogens is 2. The first kappa shape index (κ1) is 20.6. The van der Waals surface area contributed by atoms with Crippen LogP contribution in [0.15, 0.2) is 85.2 Å². The van der Waals surface area contributed by atoms with Crippen LogP contribution in [-0.4, -0.2) is 28.4 Å². The largest absolute Gasteiger partial charge is 0.361 e. The van der Waals surface area contributed by atoms with Crippen LogP contribution in [0.1, 0.15) is 22.5 Å². The Morgan fingerprint density at radius 3 is 2.26 bits per heavy atom. The van der Waals surface area contributed by atoms with E-state index >= 15 is 0 Å². The minimum Gasteiger partial charge on any atom is -0.361 e. The van der Waals surface area contributed by atoms with Crippen LogP contribution in [0.2, 0.25) is 0 Å². The fourth-order valence-corrected chi connectivity index (χ4v) is 5.12. The molecule has 0 saturated carbocycles. The Morgan fingerprint density at radius 2 is 1.50 bits per heavy atom. The second-order valence-corrected chi connectivity index (χ2v) is 9.30. The predicted octanol–water partition coefficient (Wildman–Crippen LogP) is 6.24. The molecule has 3 aromatic carbocycles. The lowest BCUT2D eigenvalue weighted by molar-refractivity contribution is 0.496. The quantitative estimate of drug-likeness (QED) is 0.372. The van der Waals surface area contributed by atoms with Crippen molar-refractivity contribution in [3.8, 4) is 5.69 Å². The van der Waals surface area contributed by atoms with Crippen LogP contribution in [0.5, 0.6) is 0 Å². The first-order valence-corrected chi connectivity index (χ1v) is 11.9. The van der Waals surface area contributed by atoms with Crippen molar-refractivity contribution in [2.24, 2.45) is 0 Å². The number of fused-ring (bicyclic) bond motifs is 2. The Balaban J connectivity index is 1.52. The number of hydrogen-bond acceptors (Lipinski definition) is 4. The highest BCUT2D eigenvalue weighted by molar-refractivity contribution is 5.83. The van der Waals surface area contributed by atoms with Gasteiger partial charge in [0.15, 0.2) is 0 Å². The Hall–Kier alpha value is -3.99. The van der Waals surface area contributed by atoms with Crippen LogP contribution in [0.4, 0.5) is 22.7 Å². The average molecular weight is 448 g/mol. The molecule has 0 unspecified atom stereocenters. The molecule has 0 N–H and O–H groups in total. The number of para-hydroxylation sites is 1. The molecule has 2 aliphatic heterocycles. The van der Waals surface area contributed by atoms with Gasteiger partial charge in [-0.2, -0.15) is 5.10 Å². The lowest BCUT2D eigenvalue weighted by atomic mass is 10.0. The summed E-state index contributed by atoms with van der Waals surface area (Å²) in [6, 6.07) is 26.6. The third kappa shape index (κ3) is 3.54. The smallest absolute Gasteiger partial charge is 0.0938 e. The van der Waals surface area contributed by atoms with E-state index in [9.17, 15) is 0 Å². The molecule has 5 heteroatoms. The highest BCUT2D eigenvalue weighted by atomic mass is 15.3. The maximum atomic E-state index is 4.75. The molecule has 0 atom stereocenters. The summed E-state index contributed by atoms with van der Waals surface area (Å²) in [5.74, 6) is 0. The maximum Gasteiger partial charge on any atom is 0.0938 e. The van der Waals surface area contributed by atoms with Gasteiger partial charge in [0.2, 0.25) is 0 Å². The van der Waals surface area contributed by atoms with Crippen LogP contribution in [0, 0.1) is 13.8 Å². The molecule has 0 spiro atoms. The highest BCUT2D eigenvalue weighted by Gasteiger charge is 2.24. The van der Waals surface area contributed by atoms with E-state index in [1.54, 1.807) is 0 Å². The topological polar surface area (TPSA) is 27.5 Å². The van der Waals surface area contributed by atoms with Gasteiger partial charge in [0, 0.05) is 42.2 Å². The monoisotopic (exact) mass is 447 g/mol. The summed E-state index contributed by atoms with van der Waals surface area (Å²) in [7, 11) is 2.10. The molecular formula is C29H29N5. The molecular weight excluding hydrogens is 418 g/mol. The lowest BCUT2D eigenvalue weighted by Gasteiger charge is -2.29. The van der Waals surface area contributed by atoms with Crippen LogP contribution in [-0.2, 0) is 12.8 Å². The zero-order chi connectivity index (χ0) is 23.2. The molecule has 4 aromatic rings. The first-order valence-electron chi connectivity index (χ1n) is 11.9. The zero-order valence-electron chi connectivity index (χ0n) is 19.9. The van der Waals surface area contributed by atoms with Crippen molar-refractivity contribution in [3.05, 3.63) is 108 Å². The van der Waals surface area contributed by atoms with Crippen LogP contribution in [0.25, 0.3) is 5.69 Å². The molecule has 0 bridgehead atoms.